The van der Waals surface area contributed by atoms with Crippen molar-refractivity contribution in [1.82, 2.24) is 10.6 Å². The molecule has 2 aliphatic rings. The van der Waals surface area contributed by atoms with E-state index >= 15 is 0 Å². The van der Waals surface area contributed by atoms with E-state index in [0.29, 0.717) is 6.04 Å². The van der Waals surface area contributed by atoms with Crippen molar-refractivity contribution in [1.29, 1.82) is 0 Å². The Bertz CT molecular complexity index is 242. The molecule has 0 spiro atoms. The van der Waals surface area contributed by atoms with Gasteiger partial charge >= 0.3 is 0 Å². The van der Waals surface area contributed by atoms with Gasteiger partial charge in [0.25, 0.3) is 0 Å². The van der Waals surface area contributed by atoms with Crippen molar-refractivity contribution in [2.24, 2.45) is 5.92 Å². The van der Waals surface area contributed by atoms with Gasteiger partial charge < -0.3 is 10.6 Å². The molecule has 1 aliphatic heterocycles. The van der Waals surface area contributed by atoms with E-state index in [1.165, 1.54) is 32.1 Å². The molecule has 0 unspecified atom stereocenters. The summed E-state index contributed by atoms with van der Waals surface area (Å²) in [5.74, 6) is 1.04. The van der Waals surface area contributed by atoms with Crippen LogP contribution in [0, 0.1) is 5.92 Å². The smallest absolute Gasteiger partial charge is 0.237 e. The van der Waals surface area contributed by atoms with Crippen LogP contribution in [0.1, 0.15) is 51.9 Å². The lowest BCUT2D eigenvalue weighted by molar-refractivity contribution is -0.123. The molecule has 2 N–H and O–H groups in total. The molecule has 3 heteroatoms. The second kappa shape index (κ2) is 5.67. The minimum atomic E-state index is 0.0674. The van der Waals surface area contributed by atoms with Crippen molar-refractivity contribution in [2.45, 2.75) is 64.0 Å². The minimum Gasteiger partial charge on any atom is -0.355 e. The third kappa shape index (κ3) is 3.21. The van der Waals surface area contributed by atoms with Gasteiger partial charge in [0.05, 0.1) is 6.04 Å². The Kier molecular flexibility index (Phi) is 4.22. The summed E-state index contributed by atoms with van der Waals surface area (Å²) in [5.41, 5.74) is 0. The average Bonchev–Trinajstić information content (AvgIpc) is 2.45. The van der Waals surface area contributed by atoms with E-state index in [9.17, 15) is 4.79 Å². The molecule has 1 saturated carbocycles. The van der Waals surface area contributed by atoms with E-state index in [-0.39, 0.29) is 11.9 Å². The Morgan fingerprint density at radius 1 is 1.19 bits per heavy atom. The molecule has 0 radical (unpaired) electrons. The van der Waals surface area contributed by atoms with Crippen LogP contribution in [0.25, 0.3) is 0 Å². The maximum atomic E-state index is 11.8. The maximum Gasteiger partial charge on any atom is 0.237 e. The summed E-state index contributed by atoms with van der Waals surface area (Å²) in [4.78, 5) is 11.8. The van der Waals surface area contributed by atoms with Gasteiger partial charge in [-0.1, -0.05) is 19.8 Å². The van der Waals surface area contributed by atoms with E-state index in [4.69, 9.17) is 0 Å². The Balaban J connectivity index is 1.84. The Hall–Kier alpha value is -0.570. The molecule has 92 valence electrons. The molecule has 0 bridgehead atoms. The number of amides is 1. The first kappa shape index (κ1) is 11.9. The molecule has 1 heterocycles. The molecular formula is C13H24N2O. The van der Waals surface area contributed by atoms with Crippen molar-refractivity contribution in [3.8, 4) is 0 Å². The molecule has 0 aromatic heterocycles. The summed E-state index contributed by atoms with van der Waals surface area (Å²) in [5, 5.41) is 6.56. The van der Waals surface area contributed by atoms with Crippen LogP contribution in [0.2, 0.25) is 0 Å². The molecule has 2 fully saturated rings. The van der Waals surface area contributed by atoms with Crippen molar-refractivity contribution < 1.29 is 4.79 Å². The number of hydrogen-bond acceptors (Lipinski definition) is 2. The van der Waals surface area contributed by atoms with Gasteiger partial charge in [-0.15, -0.1) is 0 Å². The molecule has 0 aromatic carbocycles. The quantitative estimate of drug-likeness (QED) is 0.751. The van der Waals surface area contributed by atoms with Gasteiger partial charge in [-0.3, -0.25) is 4.79 Å². The number of hydrogen-bond donors (Lipinski definition) is 2. The topological polar surface area (TPSA) is 41.1 Å². The van der Waals surface area contributed by atoms with E-state index in [0.717, 1.165) is 25.3 Å². The molecule has 1 aliphatic carbocycles. The van der Waals surface area contributed by atoms with Gasteiger partial charge in [0.2, 0.25) is 5.91 Å². The van der Waals surface area contributed by atoms with Crippen LogP contribution in [0.15, 0.2) is 0 Å². The van der Waals surface area contributed by atoms with Crippen LogP contribution in [0.4, 0.5) is 0 Å². The Morgan fingerprint density at radius 3 is 2.88 bits per heavy atom. The number of rotatable bonds is 2. The lowest BCUT2D eigenvalue weighted by Gasteiger charge is -2.30. The van der Waals surface area contributed by atoms with Gasteiger partial charge in [0.15, 0.2) is 0 Å². The first-order valence-electron chi connectivity index (χ1n) is 6.79. The molecule has 0 aromatic rings. The summed E-state index contributed by atoms with van der Waals surface area (Å²) < 4.78 is 0. The zero-order valence-electron chi connectivity index (χ0n) is 10.3. The highest BCUT2D eigenvalue weighted by atomic mass is 16.2. The Morgan fingerprint density at radius 2 is 2.06 bits per heavy atom. The molecule has 16 heavy (non-hydrogen) atoms. The second-order valence-electron chi connectivity index (χ2n) is 5.47. The highest BCUT2D eigenvalue weighted by Crippen LogP contribution is 2.24. The predicted molar refractivity (Wildman–Crippen MR) is 65.2 cm³/mol. The van der Waals surface area contributed by atoms with Crippen LogP contribution in [0.3, 0.4) is 0 Å². The first-order chi connectivity index (χ1) is 7.75. The normalized spacial score (nSPS) is 36.6. The third-order valence-electron chi connectivity index (χ3n) is 3.91. The maximum absolute atomic E-state index is 11.8. The van der Waals surface area contributed by atoms with Gasteiger partial charge in [-0.05, 0) is 38.0 Å². The fourth-order valence-electron chi connectivity index (χ4n) is 2.97. The summed E-state index contributed by atoms with van der Waals surface area (Å²) in [6.45, 7) is 3.18. The fraction of sp³-hybridized carbons (Fsp3) is 0.923. The van der Waals surface area contributed by atoms with E-state index < -0.39 is 0 Å². The van der Waals surface area contributed by atoms with Crippen LogP contribution in [-0.2, 0) is 4.79 Å². The predicted octanol–water partition coefficient (Wildman–Crippen LogP) is 1.82. The molecular weight excluding hydrogens is 200 g/mol. The largest absolute Gasteiger partial charge is 0.355 e. The number of nitrogens with one attached hydrogen (secondary N) is 2. The average molecular weight is 224 g/mol. The van der Waals surface area contributed by atoms with E-state index in [1.807, 2.05) is 0 Å². The SMILES string of the molecule is C[C@H]1CCC[C@@H](N[C@@H]2CCCCNC2=O)C1. The lowest BCUT2D eigenvalue weighted by atomic mass is 9.86. The molecule has 1 amide bonds. The summed E-state index contributed by atoms with van der Waals surface area (Å²) >= 11 is 0. The monoisotopic (exact) mass is 224 g/mol. The summed E-state index contributed by atoms with van der Waals surface area (Å²) in [6.07, 6.45) is 8.46. The van der Waals surface area contributed by atoms with Crippen molar-refractivity contribution in [3.63, 3.8) is 0 Å². The zero-order valence-corrected chi connectivity index (χ0v) is 10.3. The van der Waals surface area contributed by atoms with Gasteiger partial charge in [-0.25, -0.2) is 0 Å². The molecule has 1 saturated heterocycles. The Labute approximate surface area is 98.4 Å². The van der Waals surface area contributed by atoms with E-state index in [2.05, 4.69) is 17.6 Å². The van der Waals surface area contributed by atoms with Crippen LogP contribution >= 0.6 is 0 Å². The summed E-state index contributed by atoms with van der Waals surface area (Å²) in [7, 11) is 0. The second-order valence-corrected chi connectivity index (χ2v) is 5.47. The van der Waals surface area contributed by atoms with Gasteiger partial charge in [-0.2, -0.15) is 0 Å². The van der Waals surface area contributed by atoms with Crippen molar-refractivity contribution in [3.05, 3.63) is 0 Å². The van der Waals surface area contributed by atoms with Crippen molar-refractivity contribution >= 4 is 5.91 Å². The fourth-order valence-corrected chi connectivity index (χ4v) is 2.97. The minimum absolute atomic E-state index is 0.0674. The number of carbonyl (C=O) groups is 1. The first-order valence-corrected chi connectivity index (χ1v) is 6.79. The van der Waals surface area contributed by atoms with Gasteiger partial charge in [0, 0.05) is 12.6 Å². The van der Waals surface area contributed by atoms with Crippen LogP contribution < -0.4 is 10.6 Å². The van der Waals surface area contributed by atoms with Crippen molar-refractivity contribution in [2.75, 3.05) is 6.54 Å². The third-order valence-corrected chi connectivity index (χ3v) is 3.91. The standard InChI is InChI=1S/C13H24N2O/c1-10-5-4-6-11(9-10)15-12-7-2-3-8-14-13(12)16/h10-12,15H,2-9H2,1H3,(H,14,16)/t10-,11+,12+/m0/s1. The molecule has 2 rings (SSSR count). The van der Waals surface area contributed by atoms with E-state index in [1.54, 1.807) is 0 Å². The number of carbonyl (C=O) groups excluding carboxylic acids is 1. The lowest BCUT2D eigenvalue weighted by Crippen LogP contribution is -2.48. The van der Waals surface area contributed by atoms with Crippen LogP contribution in [0.5, 0.6) is 0 Å². The molecule has 3 atom stereocenters. The van der Waals surface area contributed by atoms with Crippen LogP contribution in [-0.4, -0.2) is 24.5 Å². The highest BCUT2D eigenvalue weighted by molar-refractivity contribution is 5.81. The zero-order chi connectivity index (χ0) is 11.4. The summed E-state index contributed by atoms with van der Waals surface area (Å²) in [6, 6.07) is 0.635. The highest BCUT2D eigenvalue weighted by Gasteiger charge is 2.26. The van der Waals surface area contributed by atoms with Gasteiger partial charge in [0.1, 0.15) is 0 Å². The molecule has 3 nitrogen and oxygen atoms in total.